The van der Waals surface area contributed by atoms with Gasteiger partial charge in [0.15, 0.2) is 0 Å². The first-order valence-electron chi connectivity index (χ1n) is 8.75. The van der Waals surface area contributed by atoms with E-state index in [0.29, 0.717) is 15.1 Å². The highest BCUT2D eigenvalue weighted by molar-refractivity contribution is 14.1. The number of rotatable bonds is 4. The average Bonchev–Trinajstić information content (AvgIpc) is 3.07. The molecule has 0 aliphatic heterocycles. The smallest absolute Gasteiger partial charge is 0.346 e. The number of hydrogen-bond donors (Lipinski definition) is 0. The summed E-state index contributed by atoms with van der Waals surface area (Å²) < 4.78 is 6.01. The SMILES string of the molecule is CCN(CC)c1ccc2cc(-c3nc4c(s3)C=CCC4I)c(=O)oc2c1. The maximum absolute atomic E-state index is 12.6. The van der Waals surface area contributed by atoms with Crippen molar-refractivity contribution >= 4 is 56.7 Å². The van der Waals surface area contributed by atoms with E-state index >= 15 is 0 Å². The molecule has 4 nitrogen and oxygen atoms in total. The molecule has 6 heteroatoms. The quantitative estimate of drug-likeness (QED) is 0.276. The van der Waals surface area contributed by atoms with Crippen LogP contribution < -0.4 is 10.5 Å². The number of hydrogen-bond acceptors (Lipinski definition) is 5. The molecule has 1 aliphatic carbocycles. The van der Waals surface area contributed by atoms with Gasteiger partial charge in [0.1, 0.15) is 10.6 Å². The van der Waals surface area contributed by atoms with E-state index in [0.717, 1.165) is 46.2 Å². The van der Waals surface area contributed by atoms with E-state index in [1.165, 1.54) is 0 Å². The predicted molar refractivity (Wildman–Crippen MR) is 118 cm³/mol. The Morgan fingerprint density at radius 3 is 2.85 bits per heavy atom. The predicted octanol–water partition coefficient (Wildman–Crippen LogP) is 5.66. The molecule has 0 spiro atoms. The van der Waals surface area contributed by atoms with Crippen molar-refractivity contribution in [3.05, 3.63) is 51.3 Å². The molecule has 2 aromatic heterocycles. The topological polar surface area (TPSA) is 46.3 Å². The molecule has 0 amide bonds. The third-order valence-electron chi connectivity index (χ3n) is 4.67. The summed E-state index contributed by atoms with van der Waals surface area (Å²) in [6, 6.07) is 7.95. The van der Waals surface area contributed by atoms with Crippen LogP contribution in [0, 0.1) is 0 Å². The van der Waals surface area contributed by atoms with Gasteiger partial charge in [-0.25, -0.2) is 9.78 Å². The summed E-state index contributed by atoms with van der Waals surface area (Å²) in [5, 5.41) is 1.66. The van der Waals surface area contributed by atoms with Gasteiger partial charge in [-0.1, -0.05) is 28.7 Å². The molecule has 1 aromatic carbocycles. The lowest BCUT2D eigenvalue weighted by molar-refractivity contribution is 0.563. The second kappa shape index (κ2) is 7.15. The molecular weight excluding hydrogens is 459 g/mol. The monoisotopic (exact) mass is 478 g/mol. The highest BCUT2D eigenvalue weighted by atomic mass is 127. The summed E-state index contributed by atoms with van der Waals surface area (Å²) in [5.41, 5.74) is 2.99. The minimum Gasteiger partial charge on any atom is -0.422 e. The molecule has 4 rings (SSSR count). The largest absolute Gasteiger partial charge is 0.422 e. The number of alkyl halides is 1. The van der Waals surface area contributed by atoms with Crippen molar-refractivity contribution in [2.75, 3.05) is 18.0 Å². The summed E-state index contributed by atoms with van der Waals surface area (Å²) in [5.74, 6) is 0. The molecule has 3 aromatic rings. The van der Waals surface area contributed by atoms with Crippen molar-refractivity contribution in [1.29, 1.82) is 0 Å². The lowest BCUT2D eigenvalue weighted by Gasteiger charge is -2.20. The van der Waals surface area contributed by atoms with Crippen LogP contribution in [-0.4, -0.2) is 18.1 Å². The third kappa shape index (κ3) is 3.09. The van der Waals surface area contributed by atoms with Gasteiger partial charge < -0.3 is 9.32 Å². The third-order valence-corrected chi connectivity index (χ3v) is 6.84. The number of thiazole rings is 1. The van der Waals surface area contributed by atoms with Crippen LogP contribution in [-0.2, 0) is 0 Å². The molecule has 1 unspecified atom stereocenters. The molecule has 1 aliphatic rings. The Morgan fingerprint density at radius 2 is 2.12 bits per heavy atom. The Morgan fingerprint density at radius 1 is 1.31 bits per heavy atom. The van der Waals surface area contributed by atoms with Gasteiger partial charge in [-0.15, -0.1) is 11.3 Å². The molecule has 2 heterocycles. The summed E-state index contributed by atoms with van der Waals surface area (Å²) in [4.78, 5) is 20.7. The zero-order chi connectivity index (χ0) is 18.3. The van der Waals surface area contributed by atoms with Crippen molar-refractivity contribution in [3.8, 4) is 10.6 Å². The molecule has 0 N–H and O–H groups in total. The first-order valence-corrected chi connectivity index (χ1v) is 10.8. The van der Waals surface area contributed by atoms with E-state index in [9.17, 15) is 4.79 Å². The maximum Gasteiger partial charge on any atom is 0.346 e. The number of allylic oxidation sites excluding steroid dienone is 1. The number of fused-ring (bicyclic) bond motifs is 2. The van der Waals surface area contributed by atoms with Crippen LogP contribution in [0.3, 0.4) is 0 Å². The highest BCUT2D eigenvalue weighted by Crippen LogP contribution is 2.39. The van der Waals surface area contributed by atoms with Crippen molar-refractivity contribution in [2.24, 2.45) is 0 Å². The fourth-order valence-electron chi connectivity index (χ4n) is 3.24. The second-order valence-corrected chi connectivity index (χ2v) is 8.75. The molecular formula is C20H19IN2O2S. The second-order valence-electron chi connectivity index (χ2n) is 6.22. The van der Waals surface area contributed by atoms with E-state index in [2.05, 4.69) is 59.6 Å². The first kappa shape index (κ1) is 17.7. The van der Waals surface area contributed by atoms with Crippen LogP contribution in [0.25, 0.3) is 27.6 Å². The van der Waals surface area contributed by atoms with Gasteiger partial charge in [-0.3, -0.25) is 0 Å². The summed E-state index contributed by atoms with van der Waals surface area (Å²) >= 11 is 3.97. The fourth-order valence-corrected chi connectivity index (χ4v) is 5.28. The summed E-state index contributed by atoms with van der Waals surface area (Å²) in [7, 11) is 0. The zero-order valence-electron chi connectivity index (χ0n) is 14.7. The lowest BCUT2D eigenvalue weighted by atomic mass is 10.1. The van der Waals surface area contributed by atoms with Crippen molar-refractivity contribution in [2.45, 2.75) is 24.2 Å². The van der Waals surface area contributed by atoms with Gasteiger partial charge in [0, 0.05) is 30.2 Å². The van der Waals surface area contributed by atoms with Crippen LogP contribution >= 0.6 is 33.9 Å². The van der Waals surface area contributed by atoms with Crippen molar-refractivity contribution in [1.82, 2.24) is 4.98 Å². The molecule has 0 radical (unpaired) electrons. The molecule has 134 valence electrons. The Bertz CT molecular complexity index is 1050. The zero-order valence-corrected chi connectivity index (χ0v) is 17.6. The molecule has 0 saturated heterocycles. The minimum atomic E-state index is -0.325. The van der Waals surface area contributed by atoms with E-state index in [1.54, 1.807) is 11.3 Å². The first-order chi connectivity index (χ1) is 12.6. The van der Waals surface area contributed by atoms with Gasteiger partial charge in [0.25, 0.3) is 0 Å². The van der Waals surface area contributed by atoms with Gasteiger partial charge in [0.05, 0.1) is 20.1 Å². The summed E-state index contributed by atoms with van der Waals surface area (Å²) in [6.45, 7) is 6.07. The van der Waals surface area contributed by atoms with Gasteiger partial charge in [0.2, 0.25) is 0 Å². The van der Waals surface area contributed by atoms with Crippen molar-refractivity contribution in [3.63, 3.8) is 0 Å². The number of benzene rings is 1. The molecule has 0 bridgehead atoms. The maximum atomic E-state index is 12.6. The van der Waals surface area contributed by atoms with E-state index in [1.807, 2.05) is 18.2 Å². The fraction of sp³-hybridized carbons (Fsp3) is 0.300. The van der Waals surface area contributed by atoms with Gasteiger partial charge in [-0.2, -0.15) is 0 Å². The number of anilines is 1. The van der Waals surface area contributed by atoms with Gasteiger partial charge >= 0.3 is 5.63 Å². The lowest BCUT2D eigenvalue weighted by Crippen LogP contribution is -2.21. The van der Waals surface area contributed by atoms with Gasteiger partial charge in [-0.05, 0) is 44.5 Å². The Kier molecular flexibility index (Phi) is 4.88. The normalized spacial score (nSPS) is 16.0. The molecule has 26 heavy (non-hydrogen) atoms. The van der Waals surface area contributed by atoms with Crippen LogP contribution in [0.5, 0.6) is 0 Å². The number of halogens is 1. The van der Waals surface area contributed by atoms with E-state index < -0.39 is 0 Å². The van der Waals surface area contributed by atoms with Crippen LogP contribution in [0.2, 0.25) is 0 Å². The van der Waals surface area contributed by atoms with Crippen LogP contribution in [0.15, 0.2) is 39.6 Å². The Hall–Kier alpha value is -1.67. The Balaban J connectivity index is 1.80. The molecule has 0 saturated carbocycles. The van der Waals surface area contributed by atoms with Crippen LogP contribution in [0.4, 0.5) is 5.69 Å². The number of aromatic nitrogens is 1. The van der Waals surface area contributed by atoms with E-state index in [4.69, 9.17) is 9.40 Å². The number of nitrogens with zero attached hydrogens (tertiary/aromatic N) is 2. The average molecular weight is 478 g/mol. The molecule has 0 fully saturated rings. The Labute approximate surface area is 169 Å². The van der Waals surface area contributed by atoms with Crippen LogP contribution in [0.1, 0.15) is 34.8 Å². The van der Waals surface area contributed by atoms with Crippen molar-refractivity contribution < 1.29 is 4.42 Å². The standard InChI is InChI=1S/C20H19IN2O2S/c1-3-23(4-2)13-9-8-12-10-14(20(24)25-16(12)11-13)19-22-18-15(21)6-5-7-17(18)26-19/h5,7-11,15H,3-4,6H2,1-2H3. The summed E-state index contributed by atoms with van der Waals surface area (Å²) in [6.07, 6.45) is 5.25. The van der Waals surface area contributed by atoms with E-state index in [-0.39, 0.29) is 5.63 Å². The highest BCUT2D eigenvalue weighted by Gasteiger charge is 2.21. The molecule has 1 atom stereocenters. The minimum absolute atomic E-state index is 0.325.